The van der Waals surface area contributed by atoms with Crippen LogP contribution in [0.15, 0.2) is 47.1 Å². The third kappa shape index (κ3) is 3.69. The molecule has 0 aliphatic heterocycles. The van der Waals surface area contributed by atoms with E-state index in [1.807, 2.05) is 43.3 Å². The minimum atomic E-state index is -0.120. The lowest BCUT2D eigenvalue weighted by Gasteiger charge is -2.11. The lowest BCUT2D eigenvalue weighted by atomic mass is 10.1. The van der Waals surface area contributed by atoms with Gasteiger partial charge in [-0.2, -0.15) is 0 Å². The standard InChI is InChI=1S/C15H18N2O2/c1-11(14-3-2-8-19-14)17-15(18)9-12-4-6-13(10-16)7-5-12/h2-8,11H,9-10,16H2,1H3,(H,17,18). The summed E-state index contributed by atoms with van der Waals surface area (Å²) in [6.07, 6.45) is 1.96. The van der Waals surface area contributed by atoms with Crippen LogP contribution in [-0.4, -0.2) is 5.91 Å². The largest absolute Gasteiger partial charge is 0.467 e. The van der Waals surface area contributed by atoms with Crippen LogP contribution >= 0.6 is 0 Å². The molecular weight excluding hydrogens is 240 g/mol. The summed E-state index contributed by atoms with van der Waals surface area (Å²) in [7, 11) is 0. The zero-order valence-corrected chi connectivity index (χ0v) is 10.9. The molecule has 1 atom stereocenters. The number of hydrogen-bond acceptors (Lipinski definition) is 3. The van der Waals surface area contributed by atoms with Gasteiger partial charge in [0.05, 0.1) is 18.7 Å². The number of carbonyl (C=O) groups excluding carboxylic acids is 1. The van der Waals surface area contributed by atoms with E-state index < -0.39 is 0 Å². The number of amides is 1. The summed E-state index contributed by atoms with van der Waals surface area (Å²) in [5.41, 5.74) is 7.57. The number of carbonyl (C=O) groups is 1. The average Bonchev–Trinajstić information content (AvgIpc) is 2.93. The van der Waals surface area contributed by atoms with Crippen LogP contribution in [0, 0.1) is 0 Å². The molecule has 1 aromatic carbocycles. The molecule has 1 heterocycles. The Hall–Kier alpha value is -2.07. The third-order valence-corrected chi connectivity index (χ3v) is 2.97. The van der Waals surface area contributed by atoms with Gasteiger partial charge in [-0.25, -0.2) is 0 Å². The van der Waals surface area contributed by atoms with Crippen LogP contribution < -0.4 is 11.1 Å². The number of nitrogens with one attached hydrogen (secondary N) is 1. The fraction of sp³-hybridized carbons (Fsp3) is 0.267. The Balaban J connectivity index is 1.90. The molecule has 0 aliphatic rings. The van der Waals surface area contributed by atoms with Crippen LogP contribution in [-0.2, 0) is 17.8 Å². The van der Waals surface area contributed by atoms with Gasteiger partial charge in [0.15, 0.2) is 0 Å². The van der Waals surface area contributed by atoms with Crippen molar-refractivity contribution in [2.24, 2.45) is 5.73 Å². The molecule has 1 amide bonds. The predicted octanol–water partition coefficient (Wildman–Crippen LogP) is 2.16. The Morgan fingerprint density at radius 3 is 2.53 bits per heavy atom. The first kappa shape index (κ1) is 13.4. The van der Waals surface area contributed by atoms with E-state index in [-0.39, 0.29) is 11.9 Å². The molecule has 0 fully saturated rings. The Bertz CT molecular complexity index is 518. The molecule has 1 aromatic heterocycles. The Morgan fingerprint density at radius 2 is 1.95 bits per heavy atom. The first-order valence-electron chi connectivity index (χ1n) is 6.29. The van der Waals surface area contributed by atoms with Crippen molar-refractivity contribution in [1.29, 1.82) is 0 Å². The maximum Gasteiger partial charge on any atom is 0.224 e. The molecule has 0 bridgehead atoms. The molecule has 2 rings (SSSR count). The highest BCUT2D eigenvalue weighted by molar-refractivity contribution is 5.78. The summed E-state index contributed by atoms with van der Waals surface area (Å²) in [6, 6.07) is 11.3. The van der Waals surface area contributed by atoms with Gasteiger partial charge >= 0.3 is 0 Å². The second-order valence-electron chi connectivity index (χ2n) is 4.50. The molecule has 1 unspecified atom stereocenters. The van der Waals surface area contributed by atoms with E-state index in [0.29, 0.717) is 13.0 Å². The summed E-state index contributed by atoms with van der Waals surface area (Å²) in [6.45, 7) is 2.41. The van der Waals surface area contributed by atoms with Gasteiger partial charge in [0.25, 0.3) is 0 Å². The highest BCUT2D eigenvalue weighted by Gasteiger charge is 2.11. The second-order valence-corrected chi connectivity index (χ2v) is 4.50. The minimum Gasteiger partial charge on any atom is -0.467 e. The maximum absolute atomic E-state index is 11.9. The van der Waals surface area contributed by atoms with Crippen LogP contribution in [0.4, 0.5) is 0 Å². The Kier molecular flexibility index (Phi) is 4.36. The second kappa shape index (κ2) is 6.20. The quantitative estimate of drug-likeness (QED) is 0.863. The number of hydrogen-bond donors (Lipinski definition) is 2. The molecule has 19 heavy (non-hydrogen) atoms. The normalized spacial score (nSPS) is 12.1. The van der Waals surface area contributed by atoms with Gasteiger partial charge in [-0.05, 0) is 30.2 Å². The number of furan rings is 1. The van der Waals surface area contributed by atoms with Gasteiger partial charge in [-0.1, -0.05) is 24.3 Å². The van der Waals surface area contributed by atoms with Crippen molar-refractivity contribution in [3.8, 4) is 0 Å². The molecule has 0 spiro atoms. The first-order valence-corrected chi connectivity index (χ1v) is 6.29. The summed E-state index contributed by atoms with van der Waals surface area (Å²) in [5, 5.41) is 2.90. The lowest BCUT2D eigenvalue weighted by Crippen LogP contribution is -2.27. The van der Waals surface area contributed by atoms with E-state index in [1.54, 1.807) is 6.26 Å². The van der Waals surface area contributed by atoms with Gasteiger partial charge in [-0.3, -0.25) is 4.79 Å². The number of benzene rings is 1. The molecule has 0 saturated carbocycles. The maximum atomic E-state index is 11.9. The van der Waals surface area contributed by atoms with Crippen LogP contribution in [0.2, 0.25) is 0 Å². The van der Waals surface area contributed by atoms with Crippen LogP contribution in [0.25, 0.3) is 0 Å². The van der Waals surface area contributed by atoms with E-state index in [9.17, 15) is 4.79 Å². The zero-order valence-electron chi connectivity index (χ0n) is 10.9. The topological polar surface area (TPSA) is 68.3 Å². The van der Waals surface area contributed by atoms with E-state index in [2.05, 4.69) is 5.32 Å². The summed E-state index contributed by atoms with van der Waals surface area (Å²) >= 11 is 0. The highest BCUT2D eigenvalue weighted by atomic mass is 16.3. The summed E-state index contributed by atoms with van der Waals surface area (Å²) < 4.78 is 5.25. The van der Waals surface area contributed by atoms with Gasteiger partial charge < -0.3 is 15.5 Å². The minimum absolute atomic E-state index is 0.0237. The van der Waals surface area contributed by atoms with E-state index in [4.69, 9.17) is 10.2 Å². The van der Waals surface area contributed by atoms with Crippen molar-refractivity contribution < 1.29 is 9.21 Å². The molecule has 4 nitrogen and oxygen atoms in total. The van der Waals surface area contributed by atoms with Crippen molar-refractivity contribution in [3.05, 3.63) is 59.5 Å². The van der Waals surface area contributed by atoms with Crippen molar-refractivity contribution in [2.75, 3.05) is 0 Å². The van der Waals surface area contributed by atoms with Crippen LogP contribution in [0.1, 0.15) is 29.9 Å². The summed E-state index contributed by atoms with van der Waals surface area (Å²) in [5.74, 6) is 0.733. The van der Waals surface area contributed by atoms with Crippen molar-refractivity contribution in [1.82, 2.24) is 5.32 Å². The molecule has 0 aliphatic carbocycles. The first-order chi connectivity index (χ1) is 9.19. The molecule has 2 aromatic rings. The molecular formula is C15H18N2O2. The van der Waals surface area contributed by atoms with Gasteiger partial charge in [-0.15, -0.1) is 0 Å². The monoisotopic (exact) mass is 258 g/mol. The predicted molar refractivity (Wildman–Crippen MR) is 73.3 cm³/mol. The molecule has 4 heteroatoms. The Morgan fingerprint density at radius 1 is 1.26 bits per heavy atom. The fourth-order valence-corrected chi connectivity index (χ4v) is 1.88. The molecule has 100 valence electrons. The smallest absolute Gasteiger partial charge is 0.224 e. The van der Waals surface area contributed by atoms with Gasteiger partial charge in [0, 0.05) is 6.54 Å². The van der Waals surface area contributed by atoms with E-state index >= 15 is 0 Å². The zero-order chi connectivity index (χ0) is 13.7. The SMILES string of the molecule is CC(NC(=O)Cc1ccc(CN)cc1)c1ccco1. The highest BCUT2D eigenvalue weighted by Crippen LogP contribution is 2.12. The third-order valence-electron chi connectivity index (χ3n) is 2.97. The number of nitrogens with two attached hydrogens (primary N) is 1. The van der Waals surface area contributed by atoms with E-state index in [0.717, 1.165) is 16.9 Å². The van der Waals surface area contributed by atoms with Crippen LogP contribution in [0.5, 0.6) is 0 Å². The Labute approximate surface area is 112 Å². The van der Waals surface area contributed by atoms with E-state index in [1.165, 1.54) is 0 Å². The van der Waals surface area contributed by atoms with Crippen molar-refractivity contribution in [2.45, 2.75) is 25.9 Å². The van der Waals surface area contributed by atoms with Crippen molar-refractivity contribution >= 4 is 5.91 Å². The van der Waals surface area contributed by atoms with Gasteiger partial charge in [0.2, 0.25) is 5.91 Å². The average molecular weight is 258 g/mol. The number of rotatable bonds is 5. The molecule has 0 radical (unpaired) electrons. The van der Waals surface area contributed by atoms with Crippen LogP contribution in [0.3, 0.4) is 0 Å². The molecule has 0 saturated heterocycles. The fourth-order valence-electron chi connectivity index (χ4n) is 1.88. The van der Waals surface area contributed by atoms with Crippen molar-refractivity contribution in [3.63, 3.8) is 0 Å². The molecule has 3 N–H and O–H groups in total. The lowest BCUT2D eigenvalue weighted by molar-refractivity contribution is -0.121. The summed E-state index contributed by atoms with van der Waals surface area (Å²) in [4.78, 5) is 11.9. The van der Waals surface area contributed by atoms with Gasteiger partial charge in [0.1, 0.15) is 5.76 Å².